The van der Waals surface area contributed by atoms with Crippen molar-refractivity contribution in [1.82, 2.24) is 0 Å². The highest BCUT2D eigenvalue weighted by Gasteiger charge is 2.07. The fourth-order valence-electron chi connectivity index (χ4n) is 0.930. The Bertz CT molecular complexity index is 358. The fraction of sp³-hybridized carbons (Fsp3) is 0.100. The van der Waals surface area contributed by atoms with Crippen molar-refractivity contribution < 1.29 is 9.18 Å². The summed E-state index contributed by atoms with van der Waals surface area (Å²) in [5.41, 5.74) is 0.0984. The van der Waals surface area contributed by atoms with Crippen molar-refractivity contribution in [3.05, 3.63) is 46.2 Å². The zero-order valence-electron chi connectivity index (χ0n) is 7.05. The molecule has 0 bridgehead atoms. The summed E-state index contributed by atoms with van der Waals surface area (Å²) < 4.78 is 13.8. The molecule has 0 aliphatic carbocycles. The smallest absolute Gasteiger partial charge is 0.188 e. The Kier molecular flexibility index (Phi) is 3.37. The van der Waals surface area contributed by atoms with E-state index in [4.69, 9.17) is 0 Å². The maximum atomic E-state index is 13.1. The van der Waals surface area contributed by atoms with Crippen molar-refractivity contribution >= 4 is 21.7 Å². The van der Waals surface area contributed by atoms with Crippen LogP contribution >= 0.6 is 15.9 Å². The molecule has 1 aromatic carbocycles. The second kappa shape index (κ2) is 4.33. The summed E-state index contributed by atoms with van der Waals surface area (Å²) >= 11 is 3.12. The number of hydrogen-bond acceptors (Lipinski definition) is 1. The molecule has 0 aliphatic heterocycles. The first kappa shape index (κ1) is 10.1. The number of hydrogen-bond donors (Lipinski definition) is 0. The first-order valence-corrected chi connectivity index (χ1v) is 4.56. The quantitative estimate of drug-likeness (QED) is 0.575. The molecular weight excluding hydrogens is 235 g/mol. The Morgan fingerprint density at radius 2 is 2.23 bits per heavy atom. The lowest BCUT2D eigenvalue weighted by atomic mass is 10.1. The number of benzene rings is 1. The van der Waals surface area contributed by atoms with E-state index < -0.39 is 5.82 Å². The van der Waals surface area contributed by atoms with E-state index in [1.807, 2.05) is 0 Å². The molecule has 68 valence electrons. The number of ketones is 1. The van der Waals surface area contributed by atoms with Gasteiger partial charge in [0.05, 0.1) is 5.56 Å². The van der Waals surface area contributed by atoms with Gasteiger partial charge >= 0.3 is 0 Å². The second-order valence-corrected chi connectivity index (χ2v) is 3.40. The van der Waals surface area contributed by atoms with Crippen LogP contribution in [0.15, 0.2) is 34.8 Å². The Morgan fingerprint density at radius 3 is 2.77 bits per heavy atom. The van der Waals surface area contributed by atoms with E-state index in [-0.39, 0.29) is 11.3 Å². The normalized spacial score (nSPS) is 10.7. The minimum absolute atomic E-state index is 0.0984. The van der Waals surface area contributed by atoms with Gasteiger partial charge in [0.1, 0.15) is 5.82 Å². The largest absolute Gasteiger partial charge is 0.289 e. The average Bonchev–Trinajstić information content (AvgIpc) is 2.04. The number of allylic oxidation sites excluding steroid dienone is 2. The van der Waals surface area contributed by atoms with E-state index in [9.17, 15) is 9.18 Å². The van der Waals surface area contributed by atoms with Crippen LogP contribution in [0.4, 0.5) is 4.39 Å². The van der Waals surface area contributed by atoms with Gasteiger partial charge in [-0.2, -0.15) is 0 Å². The number of carbonyl (C=O) groups excluding carboxylic acids is 1. The van der Waals surface area contributed by atoms with E-state index >= 15 is 0 Å². The van der Waals surface area contributed by atoms with Crippen LogP contribution in [-0.2, 0) is 0 Å². The monoisotopic (exact) mass is 242 g/mol. The Balaban J connectivity index is 3.09. The van der Waals surface area contributed by atoms with Crippen LogP contribution in [0.3, 0.4) is 0 Å². The SMILES string of the molecule is CC=CC(=O)c1ccc(Br)cc1F. The molecule has 1 aromatic rings. The van der Waals surface area contributed by atoms with E-state index in [1.165, 1.54) is 18.2 Å². The highest BCUT2D eigenvalue weighted by Crippen LogP contribution is 2.15. The van der Waals surface area contributed by atoms with Gasteiger partial charge in [-0.1, -0.05) is 22.0 Å². The van der Waals surface area contributed by atoms with Gasteiger partial charge in [0, 0.05) is 4.47 Å². The molecule has 0 aliphatic rings. The van der Waals surface area contributed by atoms with Crippen LogP contribution < -0.4 is 0 Å². The number of carbonyl (C=O) groups is 1. The summed E-state index contributed by atoms with van der Waals surface area (Å²) in [5.74, 6) is -0.815. The summed E-state index contributed by atoms with van der Waals surface area (Å²) in [7, 11) is 0. The summed E-state index contributed by atoms with van der Waals surface area (Å²) in [4.78, 5) is 11.2. The molecule has 0 spiro atoms. The first-order valence-electron chi connectivity index (χ1n) is 3.77. The molecule has 0 heterocycles. The van der Waals surface area contributed by atoms with Crippen LogP contribution in [0.5, 0.6) is 0 Å². The van der Waals surface area contributed by atoms with Crippen LogP contribution in [0.1, 0.15) is 17.3 Å². The predicted molar refractivity (Wildman–Crippen MR) is 53.2 cm³/mol. The van der Waals surface area contributed by atoms with Gasteiger partial charge in [0.15, 0.2) is 5.78 Å². The summed E-state index contributed by atoms with van der Waals surface area (Å²) in [6.07, 6.45) is 2.93. The van der Waals surface area contributed by atoms with E-state index in [2.05, 4.69) is 15.9 Å². The average molecular weight is 243 g/mol. The molecule has 0 unspecified atom stereocenters. The molecule has 1 rings (SSSR count). The minimum atomic E-state index is -0.502. The lowest BCUT2D eigenvalue weighted by molar-refractivity contribution is 0.104. The van der Waals surface area contributed by atoms with Crippen molar-refractivity contribution in [3.63, 3.8) is 0 Å². The predicted octanol–water partition coefficient (Wildman–Crippen LogP) is 3.35. The van der Waals surface area contributed by atoms with Gasteiger partial charge in [-0.25, -0.2) is 4.39 Å². The second-order valence-electron chi connectivity index (χ2n) is 2.49. The molecule has 13 heavy (non-hydrogen) atoms. The summed E-state index contributed by atoms with van der Waals surface area (Å²) in [6.45, 7) is 1.72. The molecule has 0 radical (unpaired) electrons. The van der Waals surface area contributed by atoms with Gasteiger partial charge < -0.3 is 0 Å². The Hall–Kier alpha value is -0.960. The number of halogens is 2. The van der Waals surface area contributed by atoms with Gasteiger partial charge in [0.2, 0.25) is 0 Å². The zero-order valence-corrected chi connectivity index (χ0v) is 8.64. The molecule has 0 aromatic heterocycles. The molecule has 0 saturated carbocycles. The lowest BCUT2D eigenvalue weighted by Gasteiger charge is -1.98. The fourth-order valence-corrected chi connectivity index (χ4v) is 1.26. The topological polar surface area (TPSA) is 17.1 Å². The molecule has 0 fully saturated rings. The molecule has 0 amide bonds. The van der Waals surface area contributed by atoms with Crippen LogP contribution in [-0.4, -0.2) is 5.78 Å². The van der Waals surface area contributed by atoms with Crippen LogP contribution in [0, 0.1) is 5.82 Å². The lowest BCUT2D eigenvalue weighted by Crippen LogP contribution is -1.97. The van der Waals surface area contributed by atoms with Crippen molar-refractivity contribution in [2.75, 3.05) is 0 Å². The summed E-state index contributed by atoms with van der Waals surface area (Å²) in [6, 6.07) is 4.37. The van der Waals surface area contributed by atoms with Gasteiger partial charge in [-0.15, -0.1) is 0 Å². The van der Waals surface area contributed by atoms with Gasteiger partial charge in [-0.05, 0) is 31.2 Å². The third-order valence-corrected chi connectivity index (χ3v) is 2.01. The molecule has 1 nitrogen and oxygen atoms in total. The number of rotatable bonds is 2. The van der Waals surface area contributed by atoms with E-state index in [0.717, 1.165) is 0 Å². The van der Waals surface area contributed by atoms with Crippen LogP contribution in [0.25, 0.3) is 0 Å². The van der Waals surface area contributed by atoms with Crippen molar-refractivity contribution in [3.8, 4) is 0 Å². The summed E-state index contributed by atoms with van der Waals surface area (Å²) in [5, 5.41) is 0. The van der Waals surface area contributed by atoms with Gasteiger partial charge in [-0.3, -0.25) is 4.79 Å². The first-order chi connectivity index (χ1) is 6.15. The van der Waals surface area contributed by atoms with Gasteiger partial charge in [0.25, 0.3) is 0 Å². The third kappa shape index (κ3) is 2.49. The Morgan fingerprint density at radius 1 is 1.54 bits per heavy atom. The molecule has 0 atom stereocenters. The molecule has 0 N–H and O–H groups in total. The van der Waals surface area contributed by atoms with Crippen LogP contribution in [0.2, 0.25) is 0 Å². The molecular formula is C10H8BrFO. The van der Waals surface area contributed by atoms with Crippen molar-refractivity contribution in [2.24, 2.45) is 0 Å². The standard InChI is InChI=1S/C10H8BrFO/c1-2-3-10(13)8-5-4-7(11)6-9(8)12/h2-6H,1H3. The van der Waals surface area contributed by atoms with Crippen molar-refractivity contribution in [2.45, 2.75) is 6.92 Å². The molecule has 0 saturated heterocycles. The zero-order chi connectivity index (χ0) is 9.84. The van der Waals surface area contributed by atoms with E-state index in [1.54, 1.807) is 19.1 Å². The maximum absolute atomic E-state index is 13.1. The minimum Gasteiger partial charge on any atom is -0.289 e. The maximum Gasteiger partial charge on any atom is 0.188 e. The highest BCUT2D eigenvalue weighted by molar-refractivity contribution is 9.10. The molecule has 3 heteroatoms. The Labute approximate surface area is 84.4 Å². The van der Waals surface area contributed by atoms with E-state index in [0.29, 0.717) is 4.47 Å². The van der Waals surface area contributed by atoms with Crippen molar-refractivity contribution in [1.29, 1.82) is 0 Å². The third-order valence-electron chi connectivity index (χ3n) is 1.51. The highest BCUT2D eigenvalue weighted by atomic mass is 79.9.